The Labute approximate surface area is 423 Å². The highest BCUT2D eigenvalue weighted by molar-refractivity contribution is 6.31. The quantitative estimate of drug-likeness (QED) is 0.147. The van der Waals surface area contributed by atoms with Gasteiger partial charge in [0, 0.05) is 105 Å². The number of fused-ring (bicyclic) bond motifs is 1. The van der Waals surface area contributed by atoms with Gasteiger partial charge in [-0.05, 0) is 93.3 Å². The highest BCUT2D eigenvalue weighted by Crippen LogP contribution is 2.55. The van der Waals surface area contributed by atoms with Gasteiger partial charge in [0.2, 0.25) is 11.8 Å². The van der Waals surface area contributed by atoms with E-state index in [4.69, 9.17) is 21.4 Å². The van der Waals surface area contributed by atoms with Crippen LogP contribution in [-0.4, -0.2) is 121 Å². The molecule has 5 fully saturated rings. The van der Waals surface area contributed by atoms with E-state index in [1.807, 2.05) is 24.4 Å². The summed E-state index contributed by atoms with van der Waals surface area (Å²) in [7, 11) is 0. The number of imide groups is 1. The Morgan fingerprint density at radius 2 is 1.64 bits per heavy atom. The molecule has 18 nitrogen and oxygen atoms in total. The van der Waals surface area contributed by atoms with Gasteiger partial charge in [0.1, 0.15) is 29.5 Å². The van der Waals surface area contributed by atoms with Crippen molar-refractivity contribution in [2.75, 3.05) is 50.7 Å². The third-order valence-electron chi connectivity index (χ3n) is 16.1. The molecule has 2 N–H and O–H groups in total. The topological polar surface area (TPSA) is 214 Å². The first-order chi connectivity index (χ1) is 34.6. The predicted molar refractivity (Wildman–Crippen MR) is 269 cm³/mol. The van der Waals surface area contributed by atoms with Gasteiger partial charge in [0.25, 0.3) is 17.4 Å². The molecule has 1 saturated carbocycles. The van der Waals surface area contributed by atoms with Gasteiger partial charge in [-0.15, -0.1) is 5.10 Å². The summed E-state index contributed by atoms with van der Waals surface area (Å²) < 4.78 is 9.53. The number of nitriles is 1. The predicted octanol–water partition coefficient (Wildman–Crippen LogP) is 5.96. The van der Waals surface area contributed by atoms with E-state index in [1.54, 1.807) is 36.5 Å². The summed E-state index contributed by atoms with van der Waals surface area (Å²) in [6.07, 6.45) is 11.1. The lowest BCUT2D eigenvalue weighted by molar-refractivity contribution is -0.164. The van der Waals surface area contributed by atoms with Crippen molar-refractivity contribution in [1.29, 1.82) is 5.26 Å². The molecule has 5 aromatic rings. The number of likely N-dealkylation sites (tertiary alicyclic amines) is 2. The Morgan fingerprint density at radius 3 is 2.32 bits per heavy atom. The zero-order valence-electron chi connectivity index (χ0n) is 41.2. The Morgan fingerprint density at radius 1 is 0.889 bits per heavy atom. The first kappa shape index (κ1) is 48.9. The van der Waals surface area contributed by atoms with Crippen LogP contribution in [-0.2, 0) is 14.4 Å². The van der Waals surface area contributed by atoms with E-state index >= 15 is 0 Å². The normalized spacial score (nSPS) is 23.0. The average Bonchev–Trinajstić information content (AvgIpc) is 3.88. The van der Waals surface area contributed by atoms with Crippen LogP contribution in [0.4, 0.5) is 5.69 Å². The fourth-order valence-corrected chi connectivity index (χ4v) is 12.5. The van der Waals surface area contributed by atoms with Crippen molar-refractivity contribution in [3.8, 4) is 23.1 Å². The first-order valence-electron chi connectivity index (χ1n) is 25.2. The molecule has 0 radical (unpaired) electrons. The maximum atomic E-state index is 13.8. The Hall–Kier alpha value is -6.71. The van der Waals surface area contributed by atoms with Gasteiger partial charge in [-0.1, -0.05) is 44.5 Å². The average molecular weight is 998 g/mol. The highest BCUT2D eigenvalue weighted by Gasteiger charge is 2.64. The zero-order chi connectivity index (χ0) is 50.5. The highest BCUT2D eigenvalue weighted by atomic mass is 35.5. The van der Waals surface area contributed by atoms with Gasteiger partial charge in [-0.3, -0.25) is 39.0 Å². The smallest absolute Gasteiger partial charge is 0.278 e. The van der Waals surface area contributed by atoms with E-state index in [2.05, 4.69) is 85.3 Å². The molecule has 19 heteroatoms. The minimum absolute atomic E-state index is 0.0321. The number of carbonyl (C=O) groups is 4. The Bertz CT molecular complexity index is 2980. The number of benzene rings is 2. The number of aromatic nitrogens is 6. The number of anilines is 1. The van der Waals surface area contributed by atoms with E-state index in [0.29, 0.717) is 57.9 Å². The second kappa shape index (κ2) is 19.7. The number of hydrogen-bond acceptors (Lipinski definition) is 13. The molecule has 10 rings (SSSR count). The molecule has 4 aliphatic heterocycles. The standard InChI is InChI=1S/C53H61ClN12O6/c1-52(2)50(53(3,4)51(52)72-39-8-5-34(27-55)41(54)26-39)59-46(68)35-6-9-42(56-28-35)36-29-57-65(31-36)37-17-19-62(20-18-37)30-32-13-21-64(22-14-32)48(70)33-15-23-63(24-16-33)38-7-10-43-40(25-38)49(71)66(61-60-43)44-11-12-45(67)58-47(44)69/h5-10,25-26,28-29,31-33,37,44,50-51H,11-24,30H2,1-4H3,(H,59,68)(H,58,67,69). The van der Waals surface area contributed by atoms with Crippen molar-refractivity contribution in [2.24, 2.45) is 22.7 Å². The summed E-state index contributed by atoms with van der Waals surface area (Å²) >= 11 is 6.27. The van der Waals surface area contributed by atoms with E-state index in [-0.39, 0.29) is 59.5 Å². The van der Waals surface area contributed by atoms with Crippen LogP contribution in [0.1, 0.15) is 107 Å². The number of piperidine rings is 4. The molecular weight excluding hydrogens is 936 g/mol. The molecule has 4 saturated heterocycles. The molecule has 0 spiro atoms. The van der Waals surface area contributed by atoms with Crippen LogP contribution in [0.15, 0.2) is 71.9 Å². The maximum Gasteiger partial charge on any atom is 0.278 e. The third-order valence-corrected chi connectivity index (χ3v) is 16.4. The number of rotatable bonds is 11. The van der Waals surface area contributed by atoms with E-state index in [1.165, 1.54) is 0 Å². The van der Waals surface area contributed by atoms with Gasteiger partial charge in [0.15, 0.2) is 0 Å². The molecule has 72 heavy (non-hydrogen) atoms. The summed E-state index contributed by atoms with van der Waals surface area (Å²) in [6, 6.07) is 15.5. The molecule has 2 aromatic carbocycles. The van der Waals surface area contributed by atoms with Crippen LogP contribution >= 0.6 is 11.6 Å². The molecule has 4 amide bonds. The van der Waals surface area contributed by atoms with Crippen molar-refractivity contribution >= 4 is 51.8 Å². The summed E-state index contributed by atoms with van der Waals surface area (Å²) in [4.78, 5) is 76.4. The monoisotopic (exact) mass is 996 g/mol. The van der Waals surface area contributed by atoms with Crippen LogP contribution in [0, 0.1) is 34.0 Å². The van der Waals surface area contributed by atoms with E-state index in [0.717, 1.165) is 92.9 Å². The first-order valence-corrected chi connectivity index (χ1v) is 25.6. The number of nitrogens with one attached hydrogen (secondary N) is 2. The molecule has 1 atom stereocenters. The second-order valence-corrected chi connectivity index (χ2v) is 21.9. The molecular formula is C53H61ClN12O6. The number of nitrogens with zero attached hydrogens (tertiary/aromatic N) is 10. The number of amides is 4. The minimum atomic E-state index is -0.881. The van der Waals surface area contributed by atoms with E-state index < -0.39 is 17.5 Å². The minimum Gasteiger partial charge on any atom is -0.489 e. The van der Waals surface area contributed by atoms with Crippen molar-refractivity contribution < 1.29 is 23.9 Å². The van der Waals surface area contributed by atoms with E-state index in [9.17, 15) is 29.2 Å². The summed E-state index contributed by atoms with van der Waals surface area (Å²) in [5, 5.41) is 28.4. The molecule has 0 bridgehead atoms. The van der Waals surface area contributed by atoms with Crippen molar-refractivity contribution in [1.82, 2.24) is 50.2 Å². The third kappa shape index (κ3) is 9.56. The van der Waals surface area contributed by atoms with Gasteiger partial charge < -0.3 is 24.8 Å². The lowest BCUT2D eigenvalue weighted by Crippen LogP contribution is -2.74. The van der Waals surface area contributed by atoms with Gasteiger partial charge >= 0.3 is 0 Å². The zero-order valence-corrected chi connectivity index (χ0v) is 42.0. The number of hydrogen-bond donors (Lipinski definition) is 2. The number of halogens is 1. The van der Waals surface area contributed by atoms with Gasteiger partial charge in [-0.2, -0.15) is 15.0 Å². The lowest BCUT2D eigenvalue weighted by atomic mass is 9.49. The fraction of sp³-hybridized carbons (Fsp3) is 0.509. The number of pyridine rings is 1. The van der Waals surface area contributed by atoms with Crippen LogP contribution in [0.5, 0.6) is 5.75 Å². The largest absolute Gasteiger partial charge is 0.489 e. The van der Waals surface area contributed by atoms with Gasteiger partial charge in [0.05, 0.1) is 39.5 Å². The molecule has 376 valence electrons. The Balaban J connectivity index is 0.651. The molecule has 3 aromatic heterocycles. The van der Waals surface area contributed by atoms with Crippen molar-refractivity contribution in [2.45, 2.75) is 103 Å². The number of carbonyl (C=O) groups excluding carboxylic acids is 4. The summed E-state index contributed by atoms with van der Waals surface area (Å²) in [5.74, 6) is 0.245. The molecule has 5 aliphatic rings. The van der Waals surface area contributed by atoms with Crippen LogP contribution < -0.4 is 25.8 Å². The maximum absolute atomic E-state index is 13.8. The Kier molecular flexibility index (Phi) is 13.4. The lowest BCUT2D eigenvalue weighted by Gasteiger charge is -2.63. The second-order valence-electron chi connectivity index (χ2n) is 21.5. The van der Waals surface area contributed by atoms with Gasteiger partial charge in [-0.25, -0.2) is 0 Å². The number of ether oxygens (including phenoxy) is 1. The van der Waals surface area contributed by atoms with Crippen LogP contribution in [0.25, 0.3) is 22.2 Å². The van der Waals surface area contributed by atoms with Crippen molar-refractivity contribution in [3.63, 3.8) is 0 Å². The van der Waals surface area contributed by atoms with Crippen molar-refractivity contribution in [3.05, 3.63) is 93.6 Å². The molecule has 1 unspecified atom stereocenters. The summed E-state index contributed by atoms with van der Waals surface area (Å²) in [6.45, 7) is 14.3. The van der Waals surface area contributed by atoms with Crippen LogP contribution in [0.3, 0.4) is 0 Å². The summed E-state index contributed by atoms with van der Waals surface area (Å²) in [5.41, 5.74) is 2.64. The SMILES string of the molecule is CC1(C)C(NC(=O)c2ccc(-c3cnn(C4CCN(CC5CCN(C(=O)C6CCN(c7ccc8nnn(C9CCC(=O)NC9=O)c(=O)c8c7)CC6)CC5)CC4)c3)nc2)C(C)(C)C1Oc1ccc(C#N)c(Cl)c1. The molecule has 1 aliphatic carbocycles. The molecule has 7 heterocycles. The van der Waals surface area contributed by atoms with Crippen LogP contribution in [0.2, 0.25) is 5.02 Å². The fourth-order valence-electron chi connectivity index (χ4n) is 12.2.